The largest absolute Gasteiger partial charge is 0.341 e. The van der Waals surface area contributed by atoms with Crippen LogP contribution in [-0.4, -0.2) is 35.8 Å². The van der Waals surface area contributed by atoms with Gasteiger partial charge in [-0.25, -0.2) is 4.98 Å². The molecule has 1 aliphatic rings. The van der Waals surface area contributed by atoms with Crippen molar-refractivity contribution >= 4 is 21.2 Å². The Morgan fingerprint density at radius 1 is 1.43 bits per heavy atom. The molecule has 1 saturated carbocycles. The molecule has 3 rings (SSSR count). The van der Waals surface area contributed by atoms with Crippen LogP contribution in [0.1, 0.15) is 25.6 Å². The minimum Gasteiger partial charge on any atom is -0.341 e. The molecule has 2 N–H and O–H groups in total. The average Bonchev–Trinajstić information content (AvgIpc) is 3.23. The first-order chi connectivity index (χ1) is 9.97. The number of nitrogens with zero attached hydrogens (tertiary/aromatic N) is 2. The number of hydrogen-bond acceptors (Lipinski definition) is 3. The van der Waals surface area contributed by atoms with Gasteiger partial charge in [0.15, 0.2) is 0 Å². The first-order valence-electron chi connectivity index (χ1n) is 7.13. The van der Waals surface area contributed by atoms with E-state index in [0.717, 1.165) is 23.9 Å². The summed E-state index contributed by atoms with van der Waals surface area (Å²) in [6.07, 6.45) is 2.23. The number of nitrogens with one attached hydrogen (secondary N) is 2. The van der Waals surface area contributed by atoms with E-state index in [1.165, 1.54) is 4.31 Å². The number of aromatic amines is 1. The highest BCUT2D eigenvalue weighted by molar-refractivity contribution is 7.87. The van der Waals surface area contributed by atoms with Gasteiger partial charge in [0.25, 0.3) is 10.2 Å². The second kappa shape index (κ2) is 5.40. The van der Waals surface area contributed by atoms with Gasteiger partial charge in [-0.15, -0.1) is 0 Å². The summed E-state index contributed by atoms with van der Waals surface area (Å²) in [7, 11) is -1.85. The summed E-state index contributed by atoms with van der Waals surface area (Å²) in [5.74, 6) is 1.12. The van der Waals surface area contributed by atoms with E-state index in [4.69, 9.17) is 0 Å². The maximum Gasteiger partial charge on any atom is 0.279 e. The van der Waals surface area contributed by atoms with Crippen LogP contribution in [0.5, 0.6) is 0 Å². The van der Waals surface area contributed by atoms with Crippen LogP contribution < -0.4 is 4.72 Å². The van der Waals surface area contributed by atoms with Crippen molar-refractivity contribution in [3.8, 4) is 0 Å². The fourth-order valence-corrected chi connectivity index (χ4v) is 3.58. The lowest BCUT2D eigenvalue weighted by Gasteiger charge is -2.24. The minimum absolute atomic E-state index is 0.0400. The van der Waals surface area contributed by atoms with Gasteiger partial charge in [-0.2, -0.15) is 17.4 Å². The van der Waals surface area contributed by atoms with Gasteiger partial charge in [0.1, 0.15) is 5.82 Å². The lowest BCUT2D eigenvalue weighted by Crippen LogP contribution is -2.43. The monoisotopic (exact) mass is 308 g/mol. The van der Waals surface area contributed by atoms with E-state index in [9.17, 15) is 8.42 Å². The van der Waals surface area contributed by atoms with Gasteiger partial charge in [0.2, 0.25) is 0 Å². The zero-order valence-electron chi connectivity index (χ0n) is 12.2. The summed E-state index contributed by atoms with van der Waals surface area (Å²) in [6.45, 7) is 2.12. The van der Waals surface area contributed by atoms with Gasteiger partial charge < -0.3 is 4.98 Å². The molecule has 1 aromatic heterocycles. The van der Waals surface area contributed by atoms with Crippen LogP contribution in [0.2, 0.25) is 0 Å². The van der Waals surface area contributed by atoms with E-state index in [1.54, 1.807) is 7.05 Å². The number of aromatic nitrogens is 2. The number of imidazole rings is 1. The molecule has 0 spiro atoms. The maximum atomic E-state index is 12.3. The Bertz CT molecular complexity index is 703. The first kappa shape index (κ1) is 14.5. The molecule has 2 aromatic rings. The molecule has 1 aliphatic carbocycles. The second-order valence-electron chi connectivity index (χ2n) is 5.62. The Hall–Kier alpha value is -1.44. The molecular formula is C14H20N4O2S. The normalized spacial score (nSPS) is 17.5. The molecule has 0 saturated heterocycles. The molecule has 7 heteroatoms. The van der Waals surface area contributed by atoms with Crippen molar-refractivity contribution in [2.45, 2.75) is 32.4 Å². The van der Waals surface area contributed by atoms with Crippen LogP contribution in [0, 0.1) is 5.92 Å². The fraction of sp³-hybridized carbons (Fsp3) is 0.500. The number of H-pyrrole nitrogens is 1. The van der Waals surface area contributed by atoms with E-state index in [-0.39, 0.29) is 12.6 Å². The van der Waals surface area contributed by atoms with Crippen molar-refractivity contribution in [3.05, 3.63) is 30.1 Å². The first-order valence-corrected chi connectivity index (χ1v) is 8.57. The van der Waals surface area contributed by atoms with Crippen LogP contribution >= 0.6 is 0 Å². The molecule has 6 nitrogen and oxygen atoms in total. The zero-order valence-corrected chi connectivity index (χ0v) is 13.0. The summed E-state index contributed by atoms with van der Waals surface area (Å²) >= 11 is 0. The van der Waals surface area contributed by atoms with Crippen LogP contribution in [0.3, 0.4) is 0 Å². The highest BCUT2D eigenvalue weighted by atomic mass is 32.2. The third-order valence-corrected chi connectivity index (χ3v) is 5.72. The quantitative estimate of drug-likeness (QED) is 0.851. The van der Waals surface area contributed by atoms with E-state index >= 15 is 0 Å². The van der Waals surface area contributed by atoms with Crippen molar-refractivity contribution < 1.29 is 8.42 Å². The second-order valence-corrected chi connectivity index (χ2v) is 7.44. The number of rotatable bonds is 6. The summed E-state index contributed by atoms with van der Waals surface area (Å²) in [6, 6.07) is 7.67. The van der Waals surface area contributed by atoms with Crippen molar-refractivity contribution in [1.82, 2.24) is 19.0 Å². The molecule has 21 heavy (non-hydrogen) atoms. The Kier molecular flexibility index (Phi) is 3.73. The molecular weight excluding hydrogens is 288 g/mol. The van der Waals surface area contributed by atoms with Crippen LogP contribution in [0.25, 0.3) is 11.0 Å². The highest BCUT2D eigenvalue weighted by Crippen LogP contribution is 2.35. The number of para-hydroxylation sites is 2. The zero-order chi connectivity index (χ0) is 15.0. The van der Waals surface area contributed by atoms with Crippen LogP contribution in [0.15, 0.2) is 24.3 Å². The molecule has 114 valence electrons. The lowest BCUT2D eigenvalue weighted by atomic mass is 10.2. The minimum atomic E-state index is -3.48. The molecule has 0 radical (unpaired) electrons. The molecule has 1 fully saturated rings. The Balaban J connectivity index is 1.68. The number of fused-ring (bicyclic) bond motifs is 1. The van der Waals surface area contributed by atoms with Gasteiger partial charge in [0.05, 0.1) is 17.6 Å². The number of benzene rings is 1. The van der Waals surface area contributed by atoms with E-state index in [2.05, 4.69) is 14.7 Å². The van der Waals surface area contributed by atoms with Crippen molar-refractivity contribution in [3.63, 3.8) is 0 Å². The van der Waals surface area contributed by atoms with Gasteiger partial charge in [0, 0.05) is 13.1 Å². The third kappa shape index (κ3) is 3.09. The lowest BCUT2D eigenvalue weighted by molar-refractivity contribution is 0.351. The predicted octanol–water partition coefficient (Wildman–Crippen LogP) is 1.63. The Morgan fingerprint density at radius 2 is 2.14 bits per heavy atom. The van der Waals surface area contributed by atoms with E-state index in [0.29, 0.717) is 11.7 Å². The smallest absolute Gasteiger partial charge is 0.279 e. The van der Waals surface area contributed by atoms with E-state index in [1.807, 2.05) is 31.2 Å². The van der Waals surface area contributed by atoms with Gasteiger partial charge >= 0.3 is 0 Å². The number of hydrogen-bond donors (Lipinski definition) is 2. The van der Waals surface area contributed by atoms with Crippen molar-refractivity contribution in [2.24, 2.45) is 5.92 Å². The Morgan fingerprint density at radius 3 is 2.81 bits per heavy atom. The third-order valence-electron chi connectivity index (χ3n) is 4.12. The molecule has 0 bridgehead atoms. The van der Waals surface area contributed by atoms with Gasteiger partial charge in [-0.3, -0.25) is 0 Å². The molecule has 1 unspecified atom stereocenters. The van der Waals surface area contributed by atoms with Gasteiger partial charge in [-0.05, 0) is 37.8 Å². The van der Waals surface area contributed by atoms with Crippen molar-refractivity contribution in [1.29, 1.82) is 0 Å². The summed E-state index contributed by atoms with van der Waals surface area (Å²) in [5.41, 5.74) is 1.75. The summed E-state index contributed by atoms with van der Waals surface area (Å²) < 4.78 is 28.6. The topological polar surface area (TPSA) is 78.1 Å². The molecule has 1 aromatic carbocycles. The van der Waals surface area contributed by atoms with E-state index < -0.39 is 10.2 Å². The standard InChI is InChI=1S/C14H20N4O2S/c1-10(11-7-8-11)18(2)21(19,20)15-9-14-16-12-5-3-4-6-13(12)17-14/h3-6,10-11,15H,7-9H2,1-2H3,(H,16,17). The highest BCUT2D eigenvalue weighted by Gasteiger charge is 2.35. The van der Waals surface area contributed by atoms with Crippen LogP contribution in [0.4, 0.5) is 0 Å². The van der Waals surface area contributed by atoms with Crippen molar-refractivity contribution in [2.75, 3.05) is 7.05 Å². The molecule has 1 atom stereocenters. The summed E-state index contributed by atoms with van der Waals surface area (Å²) in [5, 5.41) is 0. The Labute approximate surface area is 124 Å². The van der Waals surface area contributed by atoms with Gasteiger partial charge in [-0.1, -0.05) is 12.1 Å². The molecule has 0 amide bonds. The van der Waals surface area contributed by atoms with Crippen LogP contribution in [-0.2, 0) is 16.8 Å². The predicted molar refractivity (Wildman–Crippen MR) is 81.8 cm³/mol. The maximum absolute atomic E-state index is 12.3. The fourth-order valence-electron chi connectivity index (χ4n) is 2.45. The molecule has 0 aliphatic heterocycles. The average molecular weight is 308 g/mol. The summed E-state index contributed by atoms with van der Waals surface area (Å²) in [4.78, 5) is 7.48. The molecule has 1 heterocycles. The SMILES string of the molecule is CC(C1CC1)N(C)S(=O)(=O)NCc1nc2ccccc2[nH]1.